The van der Waals surface area contributed by atoms with Gasteiger partial charge in [0.2, 0.25) is 0 Å². The molecule has 1 aliphatic carbocycles. The normalized spacial score (nSPS) is 15.0. The summed E-state index contributed by atoms with van der Waals surface area (Å²) < 4.78 is 5.28. The molecule has 0 unspecified atom stereocenters. The lowest BCUT2D eigenvalue weighted by atomic mass is 9.97. The van der Waals surface area contributed by atoms with Crippen molar-refractivity contribution < 1.29 is 14.9 Å². The van der Waals surface area contributed by atoms with Crippen LogP contribution in [0.15, 0.2) is 29.8 Å². The van der Waals surface area contributed by atoms with Crippen LogP contribution in [0.5, 0.6) is 17.2 Å². The third-order valence-corrected chi connectivity index (χ3v) is 4.98. The van der Waals surface area contributed by atoms with Gasteiger partial charge in [-0.05, 0) is 102 Å². The Labute approximate surface area is 148 Å². The fraction of sp³-hybridized carbons (Fsp3) is 0.273. The molecule has 0 radical (unpaired) electrons. The molecule has 0 heterocycles. The molecule has 0 fully saturated rings. The summed E-state index contributed by atoms with van der Waals surface area (Å²) in [5, 5.41) is 20.2. The Morgan fingerprint density at radius 3 is 2.32 bits per heavy atom. The summed E-state index contributed by atoms with van der Waals surface area (Å²) in [4.78, 5) is 0. The standard InChI is InChI=1S/C22H24O3/c1-6-16-14(4)17(18-8-12(2)20(23)11-19(16)18)9-15-7-13(3)22(24)21(10-15)25-5/h7-11,23-24H,6H2,1-5H3/b17-9-. The highest BCUT2D eigenvalue weighted by atomic mass is 16.5. The van der Waals surface area contributed by atoms with Gasteiger partial charge in [0.25, 0.3) is 0 Å². The first-order valence-corrected chi connectivity index (χ1v) is 8.51. The predicted molar refractivity (Wildman–Crippen MR) is 103 cm³/mol. The first kappa shape index (κ1) is 17.2. The van der Waals surface area contributed by atoms with Crippen molar-refractivity contribution in [2.75, 3.05) is 7.11 Å². The SMILES string of the molecule is CCC1=C(C)/C(=C/c2cc(C)c(O)c(OC)c2)c2cc(C)c(O)cc21. The lowest BCUT2D eigenvalue weighted by molar-refractivity contribution is 0.371. The Morgan fingerprint density at radius 1 is 0.960 bits per heavy atom. The second-order valence-corrected chi connectivity index (χ2v) is 6.59. The second-order valence-electron chi connectivity index (χ2n) is 6.59. The third-order valence-electron chi connectivity index (χ3n) is 4.98. The van der Waals surface area contributed by atoms with Crippen molar-refractivity contribution in [3.63, 3.8) is 0 Å². The number of hydrogen-bond donors (Lipinski definition) is 2. The lowest BCUT2D eigenvalue weighted by Gasteiger charge is -2.10. The van der Waals surface area contributed by atoms with Crippen LogP contribution in [-0.2, 0) is 0 Å². The number of rotatable bonds is 3. The van der Waals surface area contributed by atoms with E-state index in [2.05, 4.69) is 19.9 Å². The Kier molecular flexibility index (Phi) is 4.34. The van der Waals surface area contributed by atoms with E-state index in [1.807, 2.05) is 38.1 Å². The molecule has 2 aromatic rings. The molecule has 3 heteroatoms. The van der Waals surface area contributed by atoms with E-state index < -0.39 is 0 Å². The highest BCUT2D eigenvalue weighted by molar-refractivity contribution is 6.05. The zero-order chi connectivity index (χ0) is 18.3. The minimum absolute atomic E-state index is 0.179. The van der Waals surface area contributed by atoms with Crippen molar-refractivity contribution in [2.45, 2.75) is 34.1 Å². The van der Waals surface area contributed by atoms with Crippen molar-refractivity contribution in [2.24, 2.45) is 0 Å². The van der Waals surface area contributed by atoms with E-state index >= 15 is 0 Å². The monoisotopic (exact) mass is 336 g/mol. The zero-order valence-electron chi connectivity index (χ0n) is 15.4. The first-order valence-electron chi connectivity index (χ1n) is 8.51. The molecule has 0 atom stereocenters. The number of fused-ring (bicyclic) bond motifs is 1. The molecule has 0 aliphatic heterocycles. The zero-order valence-corrected chi connectivity index (χ0v) is 15.4. The van der Waals surface area contributed by atoms with E-state index in [0.717, 1.165) is 39.8 Å². The van der Waals surface area contributed by atoms with Crippen LogP contribution >= 0.6 is 0 Å². The number of aryl methyl sites for hydroxylation is 2. The summed E-state index contributed by atoms with van der Waals surface area (Å²) in [6, 6.07) is 7.72. The number of benzene rings is 2. The van der Waals surface area contributed by atoms with Gasteiger partial charge in [-0.2, -0.15) is 0 Å². The fourth-order valence-electron chi connectivity index (χ4n) is 3.56. The molecule has 3 rings (SSSR count). The number of allylic oxidation sites excluding steroid dienone is 3. The largest absolute Gasteiger partial charge is 0.508 e. The van der Waals surface area contributed by atoms with Crippen molar-refractivity contribution in [1.29, 1.82) is 0 Å². The van der Waals surface area contributed by atoms with E-state index in [9.17, 15) is 10.2 Å². The molecule has 0 bridgehead atoms. The van der Waals surface area contributed by atoms with Gasteiger partial charge in [0.05, 0.1) is 7.11 Å². The second kappa shape index (κ2) is 6.32. The van der Waals surface area contributed by atoms with Gasteiger partial charge in [0, 0.05) is 0 Å². The van der Waals surface area contributed by atoms with Gasteiger partial charge >= 0.3 is 0 Å². The van der Waals surface area contributed by atoms with E-state index in [1.165, 1.54) is 11.1 Å². The lowest BCUT2D eigenvalue weighted by Crippen LogP contribution is -1.89. The van der Waals surface area contributed by atoms with Gasteiger partial charge in [-0.25, -0.2) is 0 Å². The molecule has 0 spiro atoms. The fourth-order valence-corrected chi connectivity index (χ4v) is 3.56. The van der Waals surface area contributed by atoms with Gasteiger partial charge in [0.1, 0.15) is 5.75 Å². The van der Waals surface area contributed by atoms with Crippen LogP contribution in [-0.4, -0.2) is 17.3 Å². The van der Waals surface area contributed by atoms with Crippen LogP contribution in [0.25, 0.3) is 17.2 Å². The highest BCUT2D eigenvalue weighted by Crippen LogP contribution is 2.46. The topological polar surface area (TPSA) is 49.7 Å². The van der Waals surface area contributed by atoms with Gasteiger partial charge < -0.3 is 14.9 Å². The molecule has 3 nitrogen and oxygen atoms in total. The van der Waals surface area contributed by atoms with Crippen molar-refractivity contribution >= 4 is 17.2 Å². The van der Waals surface area contributed by atoms with Gasteiger partial charge in [-0.1, -0.05) is 6.92 Å². The molecule has 130 valence electrons. The number of ether oxygens (including phenoxy) is 1. The van der Waals surface area contributed by atoms with Crippen molar-refractivity contribution in [3.05, 3.63) is 57.7 Å². The molecule has 25 heavy (non-hydrogen) atoms. The number of hydrogen-bond acceptors (Lipinski definition) is 3. The minimum atomic E-state index is 0.179. The van der Waals surface area contributed by atoms with Crippen LogP contribution in [0, 0.1) is 13.8 Å². The summed E-state index contributed by atoms with van der Waals surface area (Å²) >= 11 is 0. The first-order chi connectivity index (χ1) is 11.9. The third kappa shape index (κ3) is 2.80. The average molecular weight is 336 g/mol. The van der Waals surface area contributed by atoms with Crippen LogP contribution in [0.1, 0.15) is 48.1 Å². The predicted octanol–water partition coefficient (Wildman–Crippen LogP) is 5.46. The number of aromatic hydroxyl groups is 2. The van der Waals surface area contributed by atoms with E-state index in [-0.39, 0.29) is 5.75 Å². The van der Waals surface area contributed by atoms with Crippen LogP contribution in [0.4, 0.5) is 0 Å². The highest BCUT2D eigenvalue weighted by Gasteiger charge is 2.24. The summed E-state index contributed by atoms with van der Waals surface area (Å²) in [5.74, 6) is 0.990. The molecule has 0 amide bonds. The molecule has 1 aliphatic rings. The van der Waals surface area contributed by atoms with E-state index in [0.29, 0.717) is 11.5 Å². The Hall–Kier alpha value is -2.68. The average Bonchev–Trinajstić information content (AvgIpc) is 2.82. The molecule has 2 aromatic carbocycles. The Bertz CT molecular complexity index is 917. The molecule has 0 saturated carbocycles. The van der Waals surface area contributed by atoms with E-state index in [1.54, 1.807) is 7.11 Å². The minimum Gasteiger partial charge on any atom is -0.508 e. The molecular formula is C22H24O3. The molecular weight excluding hydrogens is 312 g/mol. The molecule has 2 N–H and O–H groups in total. The summed E-state index contributed by atoms with van der Waals surface area (Å²) in [7, 11) is 1.56. The summed E-state index contributed by atoms with van der Waals surface area (Å²) in [6.45, 7) is 8.04. The summed E-state index contributed by atoms with van der Waals surface area (Å²) in [6.07, 6.45) is 3.04. The Morgan fingerprint density at radius 2 is 1.68 bits per heavy atom. The summed E-state index contributed by atoms with van der Waals surface area (Å²) in [5.41, 5.74) is 8.54. The number of phenols is 2. The van der Waals surface area contributed by atoms with Crippen LogP contribution in [0.2, 0.25) is 0 Å². The number of methoxy groups -OCH3 is 1. The van der Waals surface area contributed by atoms with Gasteiger partial charge in [-0.3, -0.25) is 0 Å². The maximum absolute atomic E-state index is 10.1. The van der Waals surface area contributed by atoms with Gasteiger partial charge in [-0.15, -0.1) is 0 Å². The maximum Gasteiger partial charge on any atom is 0.161 e. The van der Waals surface area contributed by atoms with Crippen molar-refractivity contribution in [1.82, 2.24) is 0 Å². The van der Waals surface area contributed by atoms with Crippen molar-refractivity contribution in [3.8, 4) is 17.2 Å². The molecule has 0 aromatic heterocycles. The number of phenolic OH excluding ortho intramolecular Hbond substituents is 2. The maximum atomic E-state index is 10.1. The quantitative estimate of drug-likeness (QED) is 0.782. The Balaban J connectivity index is 2.22. The van der Waals surface area contributed by atoms with Gasteiger partial charge in [0.15, 0.2) is 11.5 Å². The van der Waals surface area contributed by atoms with E-state index in [4.69, 9.17) is 4.74 Å². The van der Waals surface area contributed by atoms with Crippen LogP contribution in [0.3, 0.4) is 0 Å². The smallest absolute Gasteiger partial charge is 0.161 e. The van der Waals surface area contributed by atoms with Crippen LogP contribution < -0.4 is 4.74 Å². The molecule has 0 saturated heterocycles.